The molecule has 2 aliphatic rings. The molecule has 5 nitrogen and oxygen atoms in total. The van der Waals surface area contributed by atoms with Crippen molar-refractivity contribution in [3.05, 3.63) is 54.6 Å². The Kier molecular flexibility index (Phi) is 5.60. The number of esters is 1. The van der Waals surface area contributed by atoms with Gasteiger partial charge in [0.05, 0.1) is 5.92 Å². The Balaban J connectivity index is 1.45. The van der Waals surface area contributed by atoms with Gasteiger partial charge in [-0.05, 0) is 37.3 Å². The highest BCUT2D eigenvalue weighted by molar-refractivity contribution is 5.81. The lowest BCUT2D eigenvalue weighted by molar-refractivity contribution is -0.140. The number of para-hydroxylation sites is 1. The zero-order valence-electron chi connectivity index (χ0n) is 16.0. The molecule has 2 fully saturated rings. The summed E-state index contributed by atoms with van der Waals surface area (Å²) in [6.45, 7) is 2.82. The molecule has 2 aromatic carbocycles. The van der Waals surface area contributed by atoms with Gasteiger partial charge < -0.3 is 14.5 Å². The van der Waals surface area contributed by atoms with Crippen LogP contribution in [0.5, 0.6) is 5.75 Å². The number of hydrogen-bond donors (Lipinski definition) is 0. The Bertz CT molecular complexity index is 831. The number of benzene rings is 2. The Morgan fingerprint density at radius 3 is 2.29 bits per heavy atom. The lowest BCUT2D eigenvalue weighted by atomic mass is 9.98. The van der Waals surface area contributed by atoms with E-state index < -0.39 is 0 Å². The predicted molar refractivity (Wildman–Crippen MR) is 108 cm³/mol. The molecule has 5 heteroatoms. The minimum Gasteiger partial charge on any atom is -0.426 e. The van der Waals surface area contributed by atoms with Gasteiger partial charge in [-0.3, -0.25) is 4.79 Å². The molecule has 1 unspecified atom stereocenters. The van der Waals surface area contributed by atoms with Crippen molar-refractivity contribution in [1.29, 1.82) is 0 Å². The molecule has 0 radical (unpaired) electrons. The van der Waals surface area contributed by atoms with Crippen LogP contribution in [0.1, 0.15) is 25.7 Å². The quantitative estimate of drug-likeness (QED) is 0.594. The Labute approximate surface area is 165 Å². The van der Waals surface area contributed by atoms with Crippen LogP contribution in [-0.4, -0.2) is 48.0 Å². The van der Waals surface area contributed by atoms with Gasteiger partial charge in [-0.2, -0.15) is 0 Å². The van der Waals surface area contributed by atoms with E-state index in [0.29, 0.717) is 12.3 Å². The van der Waals surface area contributed by atoms with Crippen LogP contribution in [0.2, 0.25) is 0 Å². The minimum absolute atomic E-state index is 0.0692. The highest BCUT2D eigenvalue weighted by Crippen LogP contribution is 2.31. The number of likely N-dealkylation sites (tertiary alicyclic amines) is 2. The standard InChI is InChI=1S/C23H26N2O3/c26-22(19-11-8-16-25(17-19)23(27)24-14-6-7-15-24)28-21-13-5-4-12-20(21)18-9-2-1-3-10-18/h1-5,9-10,12-13,19H,6-8,11,14-17H2. The maximum atomic E-state index is 12.9. The number of nitrogens with zero attached hydrogens (tertiary/aromatic N) is 2. The summed E-state index contributed by atoms with van der Waals surface area (Å²) in [6.07, 6.45) is 3.73. The smallest absolute Gasteiger partial charge is 0.320 e. The zero-order chi connectivity index (χ0) is 19.3. The first-order chi connectivity index (χ1) is 13.7. The topological polar surface area (TPSA) is 49.9 Å². The van der Waals surface area contributed by atoms with Crippen molar-refractivity contribution >= 4 is 12.0 Å². The van der Waals surface area contributed by atoms with Gasteiger partial charge in [-0.15, -0.1) is 0 Å². The number of piperidine rings is 1. The summed E-state index contributed by atoms with van der Waals surface area (Å²) < 4.78 is 5.80. The summed E-state index contributed by atoms with van der Waals surface area (Å²) in [5, 5.41) is 0. The third kappa shape index (κ3) is 4.03. The summed E-state index contributed by atoms with van der Waals surface area (Å²) in [5.74, 6) is 0.0492. The van der Waals surface area contributed by atoms with Gasteiger partial charge in [0.15, 0.2) is 0 Å². The number of urea groups is 1. The molecule has 0 aromatic heterocycles. The molecular formula is C23H26N2O3. The van der Waals surface area contributed by atoms with E-state index in [1.54, 1.807) is 0 Å². The molecule has 146 valence electrons. The van der Waals surface area contributed by atoms with E-state index in [2.05, 4.69) is 0 Å². The summed E-state index contributed by atoms with van der Waals surface area (Å²) in [5.41, 5.74) is 1.91. The number of carbonyl (C=O) groups excluding carboxylic acids is 2. The first-order valence-corrected chi connectivity index (χ1v) is 10.1. The van der Waals surface area contributed by atoms with E-state index in [4.69, 9.17) is 4.74 Å². The number of amides is 2. The SMILES string of the molecule is O=C(Oc1ccccc1-c1ccccc1)C1CCCN(C(=O)N2CCCC2)C1. The zero-order valence-corrected chi connectivity index (χ0v) is 16.0. The monoisotopic (exact) mass is 378 g/mol. The van der Waals surface area contributed by atoms with Gasteiger partial charge >= 0.3 is 12.0 Å². The van der Waals surface area contributed by atoms with Crippen molar-refractivity contribution < 1.29 is 14.3 Å². The highest BCUT2D eigenvalue weighted by atomic mass is 16.5. The molecule has 0 spiro atoms. The maximum Gasteiger partial charge on any atom is 0.320 e. The second-order valence-electron chi connectivity index (χ2n) is 7.55. The largest absolute Gasteiger partial charge is 0.426 e. The molecule has 0 bridgehead atoms. The third-order valence-corrected chi connectivity index (χ3v) is 5.58. The summed E-state index contributed by atoms with van der Waals surface area (Å²) in [6, 6.07) is 17.6. The normalized spacial score (nSPS) is 19.5. The number of ether oxygens (including phenoxy) is 1. The molecule has 2 aromatic rings. The predicted octanol–water partition coefficient (Wildman–Crippen LogP) is 4.19. The van der Waals surface area contributed by atoms with E-state index in [9.17, 15) is 9.59 Å². The van der Waals surface area contributed by atoms with Gasteiger partial charge in [-0.1, -0.05) is 48.5 Å². The minimum atomic E-state index is -0.274. The molecular weight excluding hydrogens is 352 g/mol. The van der Waals surface area contributed by atoms with Crippen molar-refractivity contribution in [2.75, 3.05) is 26.2 Å². The van der Waals surface area contributed by atoms with Crippen LogP contribution in [0.3, 0.4) is 0 Å². The highest BCUT2D eigenvalue weighted by Gasteiger charge is 2.32. The average molecular weight is 378 g/mol. The van der Waals surface area contributed by atoms with Crippen LogP contribution in [-0.2, 0) is 4.79 Å². The van der Waals surface area contributed by atoms with Gasteiger partial charge in [0.1, 0.15) is 5.75 Å². The molecule has 0 aliphatic carbocycles. The van der Waals surface area contributed by atoms with Crippen molar-refractivity contribution in [3.8, 4) is 16.9 Å². The van der Waals surface area contributed by atoms with Crippen molar-refractivity contribution in [3.63, 3.8) is 0 Å². The second-order valence-corrected chi connectivity index (χ2v) is 7.55. The maximum absolute atomic E-state index is 12.9. The van der Waals surface area contributed by atoms with Crippen molar-refractivity contribution in [2.24, 2.45) is 5.92 Å². The summed E-state index contributed by atoms with van der Waals surface area (Å²) in [4.78, 5) is 29.3. The average Bonchev–Trinajstić information content (AvgIpc) is 3.29. The van der Waals surface area contributed by atoms with E-state index in [-0.39, 0.29) is 17.9 Å². The van der Waals surface area contributed by atoms with Gasteiger partial charge in [0.2, 0.25) is 0 Å². The van der Waals surface area contributed by atoms with Crippen molar-refractivity contribution in [2.45, 2.75) is 25.7 Å². The number of carbonyl (C=O) groups is 2. The van der Waals surface area contributed by atoms with Crippen LogP contribution in [0.15, 0.2) is 54.6 Å². The van der Waals surface area contributed by atoms with Crippen LogP contribution in [0.25, 0.3) is 11.1 Å². The molecule has 1 atom stereocenters. The molecule has 2 aliphatic heterocycles. The molecule has 2 amide bonds. The molecule has 0 N–H and O–H groups in total. The summed E-state index contributed by atoms with van der Waals surface area (Å²) in [7, 11) is 0. The van der Waals surface area contributed by atoms with Gasteiger partial charge in [0.25, 0.3) is 0 Å². The fourth-order valence-electron chi connectivity index (χ4n) is 4.06. The number of hydrogen-bond acceptors (Lipinski definition) is 3. The van der Waals surface area contributed by atoms with Crippen LogP contribution in [0, 0.1) is 5.92 Å². The third-order valence-electron chi connectivity index (χ3n) is 5.58. The lowest BCUT2D eigenvalue weighted by Gasteiger charge is -2.34. The fraction of sp³-hybridized carbons (Fsp3) is 0.391. The van der Waals surface area contributed by atoms with Crippen molar-refractivity contribution in [1.82, 2.24) is 9.80 Å². The van der Waals surface area contributed by atoms with E-state index in [1.165, 1.54) is 0 Å². The molecule has 0 saturated carbocycles. The van der Waals surface area contributed by atoms with Crippen LogP contribution >= 0.6 is 0 Å². The summed E-state index contributed by atoms with van der Waals surface area (Å²) >= 11 is 0. The van der Waals surface area contributed by atoms with E-state index in [1.807, 2.05) is 64.4 Å². The van der Waals surface area contributed by atoms with Gasteiger partial charge in [-0.25, -0.2) is 4.79 Å². The fourth-order valence-corrected chi connectivity index (χ4v) is 4.06. The first kappa shape index (κ1) is 18.5. The molecule has 2 heterocycles. The molecule has 28 heavy (non-hydrogen) atoms. The van der Waals surface area contributed by atoms with Gasteiger partial charge in [0, 0.05) is 31.7 Å². The Hall–Kier alpha value is -2.82. The van der Waals surface area contributed by atoms with E-state index in [0.717, 1.165) is 56.4 Å². The lowest BCUT2D eigenvalue weighted by Crippen LogP contribution is -2.48. The van der Waals surface area contributed by atoms with E-state index >= 15 is 0 Å². The Morgan fingerprint density at radius 1 is 0.821 bits per heavy atom. The molecule has 4 rings (SSSR count). The Morgan fingerprint density at radius 2 is 1.50 bits per heavy atom. The second kappa shape index (κ2) is 8.46. The van der Waals surface area contributed by atoms with Crippen LogP contribution in [0.4, 0.5) is 4.79 Å². The number of rotatable bonds is 3. The molecule has 2 saturated heterocycles. The first-order valence-electron chi connectivity index (χ1n) is 10.1. The van der Waals surface area contributed by atoms with Crippen LogP contribution < -0.4 is 4.74 Å².